The quantitative estimate of drug-likeness (QED) is 0.430. The minimum Gasteiger partial charge on any atom is -0.507 e. The standard InChI is InChI=1S/C22H22ClFN2O4/c1-25(2)10-11-26-19(13-4-7-15(24)8-5-13)18(21(28)22(26)29)20(27)14-6-9-17(30-3)16(23)12-14/h4-9,12,19,27H,10-11H2,1-3H3/b20-18+. The molecule has 1 aliphatic heterocycles. The first kappa shape index (κ1) is 21.8. The van der Waals surface area contributed by atoms with Crippen LogP contribution in [0.4, 0.5) is 4.39 Å². The molecule has 1 saturated heterocycles. The Balaban J connectivity index is 2.14. The fraction of sp³-hybridized carbons (Fsp3) is 0.273. The van der Waals surface area contributed by atoms with Gasteiger partial charge in [0.15, 0.2) is 0 Å². The molecule has 0 aliphatic carbocycles. The van der Waals surface area contributed by atoms with E-state index >= 15 is 0 Å². The van der Waals surface area contributed by atoms with Gasteiger partial charge in [-0.1, -0.05) is 23.7 Å². The average molecular weight is 433 g/mol. The van der Waals surface area contributed by atoms with Crippen molar-refractivity contribution in [3.05, 3.63) is 70.0 Å². The molecule has 1 fully saturated rings. The van der Waals surface area contributed by atoms with E-state index < -0.39 is 23.5 Å². The Kier molecular flexibility index (Phi) is 6.43. The number of hydrogen-bond acceptors (Lipinski definition) is 5. The van der Waals surface area contributed by atoms with Crippen LogP contribution < -0.4 is 4.74 Å². The number of amides is 1. The van der Waals surface area contributed by atoms with Crippen molar-refractivity contribution in [2.75, 3.05) is 34.3 Å². The summed E-state index contributed by atoms with van der Waals surface area (Å²) in [7, 11) is 5.16. The van der Waals surface area contributed by atoms with E-state index in [1.807, 2.05) is 19.0 Å². The Labute approximate surface area is 179 Å². The van der Waals surface area contributed by atoms with Crippen LogP contribution in [0.2, 0.25) is 5.02 Å². The maximum absolute atomic E-state index is 13.5. The molecule has 3 rings (SSSR count). The van der Waals surface area contributed by atoms with Crippen LogP contribution in [0.1, 0.15) is 17.2 Å². The van der Waals surface area contributed by atoms with Crippen LogP contribution in [0.25, 0.3) is 5.76 Å². The van der Waals surface area contributed by atoms with Crippen LogP contribution in [0.3, 0.4) is 0 Å². The molecule has 1 N–H and O–H groups in total. The fourth-order valence-corrected chi connectivity index (χ4v) is 3.64. The lowest BCUT2D eigenvalue weighted by atomic mass is 9.95. The fourth-order valence-electron chi connectivity index (χ4n) is 3.38. The van der Waals surface area contributed by atoms with E-state index in [1.165, 1.54) is 42.3 Å². The van der Waals surface area contributed by atoms with Crippen molar-refractivity contribution in [3.63, 3.8) is 0 Å². The molecular formula is C22H22ClFN2O4. The second kappa shape index (κ2) is 8.85. The molecule has 0 bridgehead atoms. The zero-order valence-electron chi connectivity index (χ0n) is 16.9. The van der Waals surface area contributed by atoms with Crippen molar-refractivity contribution in [1.82, 2.24) is 9.80 Å². The first-order valence-electron chi connectivity index (χ1n) is 9.27. The summed E-state index contributed by atoms with van der Waals surface area (Å²) in [5.74, 6) is -1.89. The van der Waals surface area contributed by atoms with Gasteiger partial charge in [0.2, 0.25) is 0 Å². The summed E-state index contributed by atoms with van der Waals surface area (Å²) in [5.41, 5.74) is 0.737. The number of carbonyl (C=O) groups is 2. The molecule has 6 nitrogen and oxygen atoms in total. The van der Waals surface area contributed by atoms with E-state index in [-0.39, 0.29) is 28.5 Å². The third-order valence-electron chi connectivity index (χ3n) is 4.94. The molecule has 1 unspecified atom stereocenters. The summed E-state index contributed by atoms with van der Waals surface area (Å²) in [6, 6.07) is 9.25. The number of rotatable bonds is 6. The molecule has 2 aromatic carbocycles. The summed E-state index contributed by atoms with van der Waals surface area (Å²) in [6.45, 7) is 0.777. The largest absolute Gasteiger partial charge is 0.507 e. The predicted molar refractivity (Wildman–Crippen MR) is 112 cm³/mol. The van der Waals surface area contributed by atoms with Gasteiger partial charge in [-0.05, 0) is 50.0 Å². The normalized spacial score (nSPS) is 18.3. The third-order valence-corrected chi connectivity index (χ3v) is 5.23. The highest BCUT2D eigenvalue weighted by Crippen LogP contribution is 2.40. The molecule has 1 heterocycles. The number of likely N-dealkylation sites (tertiary alicyclic amines) is 1. The number of aliphatic hydroxyl groups excluding tert-OH is 1. The molecule has 0 spiro atoms. The zero-order valence-corrected chi connectivity index (χ0v) is 17.6. The van der Waals surface area contributed by atoms with Crippen molar-refractivity contribution in [2.24, 2.45) is 0 Å². The molecule has 158 valence electrons. The number of carbonyl (C=O) groups excluding carboxylic acids is 2. The van der Waals surface area contributed by atoms with Crippen molar-refractivity contribution < 1.29 is 23.8 Å². The molecule has 8 heteroatoms. The van der Waals surface area contributed by atoms with Crippen LogP contribution in [-0.4, -0.2) is 60.9 Å². The van der Waals surface area contributed by atoms with Gasteiger partial charge in [0, 0.05) is 18.7 Å². The van der Waals surface area contributed by atoms with Crippen molar-refractivity contribution in [1.29, 1.82) is 0 Å². The minimum atomic E-state index is -0.841. The second-order valence-corrected chi connectivity index (χ2v) is 7.60. The monoisotopic (exact) mass is 432 g/mol. The van der Waals surface area contributed by atoms with Crippen molar-refractivity contribution in [2.45, 2.75) is 6.04 Å². The van der Waals surface area contributed by atoms with Gasteiger partial charge in [0.1, 0.15) is 17.3 Å². The molecule has 0 aromatic heterocycles. The number of Topliss-reactive ketones (excluding diaryl/α,β-unsaturated/α-hetero) is 1. The van der Waals surface area contributed by atoms with Crippen LogP contribution in [0.5, 0.6) is 5.75 Å². The van der Waals surface area contributed by atoms with Crippen LogP contribution in [-0.2, 0) is 9.59 Å². The molecule has 1 aliphatic rings. The van der Waals surface area contributed by atoms with Crippen molar-refractivity contribution >= 4 is 29.1 Å². The highest BCUT2D eigenvalue weighted by molar-refractivity contribution is 6.46. The molecule has 1 amide bonds. The SMILES string of the molecule is COc1ccc(/C(O)=C2\C(=O)C(=O)N(CCN(C)C)C2c2ccc(F)cc2)cc1Cl. The third kappa shape index (κ3) is 4.17. The number of methoxy groups -OCH3 is 1. The maximum Gasteiger partial charge on any atom is 0.295 e. The number of ketones is 1. The number of aliphatic hydroxyl groups is 1. The highest BCUT2D eigenvalue weighted by atomic mass is 35.5. The molecule has 1 atom stereocenters. The lowest BCUT2D eigenvalue weighted by molar-refractivity contribution is -0.140. The van der Waals surface area contributed by atoms with Gasteiger partial charge in [0.05, 0.1) is 23.7 Å². The van der Waals surface area contributed by atoms with Crippen molar-refractivity contribution in [3.8, 4) is 5.75 Å². The van der Waals surface area contributed by atoms with Gasteiger partial charge in [-0.15, -0.1) is 0 Å². The first-order chi connectivity index (χ1) is 14.2. The highest BCUT2D eigenvalue weighted by Gasteiger charge is 2.45. The van der Waals surface area contributed by atoms with E-state index in [1.54, 1.807) is 12.1 Å². The lowest BCUT2D eigenvalue weighted by Crippen LogP contribution is -2.35. The Morgan fingerprint density at radius 2 is 1.87 bits per heavy atom. The molecule has 2 aromatic rings. The Bertz CT molecular complexity index is 1000. The van der Waals surface area contributed by atoms with E-state index in [0.717, 1.165) is 0 Å². The zero-order chi connectivity index (χ0) is 22.0. The molecule has 0 saturated carbocycles. The summed E-state index contributed by atoms with van der Waals surface area (Å²) in [4.78, 5) is 28.9. The average Bonchev–Trinajstić information content (AvgIpc) is 2.96. The number of halogens is 2. The van der Waals surface area contributed by atoms with Gasteiger partial charge in [-0.3, -0.25) is 9.59 Å². The van der Waals surface area contributed by atoms with E-state index in [4.69, 9.17) is 16.3 Å². The van der Waals surface area contributed by atoms with E-state index in [0.29, 0.717) is 17.9 Å². The van der Waals surface area contributed by atoms with E-state index in [2.05, 4.69) is 0 Å². The number of ether oxygens (including phenoxy) is 1. The molecular weight excluding hydrogens is 411 g/mol. The number of nitrogens with zero attached hydrogens (tertiary/aromatic N) is 2. The number of likely N-dealkylation sites (N-methyl/N-ethyl adjacent to an activating group) is 1. The smallest absolute Gasteiger partial charge is 0.295 e. The Morgan fingerprint density at radius 3 is 2.43 bits per heavy atom. The topological polar surface area (TPSA) is 70.1 Å². The lowest BCUT2D eigenvalue weighted by Gasteiger charge is -2.26. The van der Waals surface area contributed by atoms with Crippen LogP contribution in [0, 0.1) is 5.82 Å². The number of hydrogen-bond donors (Lipinski definition) is 1. The van der Waals surface area contributed by atoms with Gasteiger partial charge in [-0.25, -0.2) is 4.39 Å². The summed E-state index contributed by atoms with van der Waals surface area (Å²) in [5, 5.41) is 11.2. The van der Waals surface area contributed by atoms with Crippen LogP contribution in [0.15, 0.2) is 48.0 Å². The summed E-state index contributed by atoms with van der Waals surface area (Å²) in [6.07, 6.45) is 0. The van der Waals surface area contributed by atoms with Gasteiger partial charge in [0.25, 0.3) is 11.7 Å². The summed E-state index contributed by atoms with van der Waals surface area (Å²) < 4.78 is 18.6. The first-order valence-corrected chi connectivity index (χ1v) is 9.65. The Morgan fingerprint density at radius 1 is 1.20 bits per heavy atom. The van der Waals surface area contributed by atoms with Gasteiger partial charge >= 0.3 is 0 Å². The van der Waals surface area contributed by atoms with Gasteiger partial charge in [-0.2, -0.15) is 0 Å². The summed E-state index contributed by atoms with van der Waals surface area (Å²) >= 11 is 6.16. The molecule has 30 heavy (non-hydrogen) atoms. The Hall–Kier alpha value is -2.90. The maximum atomic E-state index is 13.5. The van der Waals surface area contributed by atoms with Gasteiger partial charge < -0.3 is 19.6 Å². The van der Waals surface area contributed by atoms with E-state index in [9.17, 15) is 19.1 Å². The predicted octanol–water partition coefficient (Wildman–Crippen LogP) is 3.47. The number of benzene rings is 2. The molecule has 0 radical (unpaired) electrons. The minimum absolute atomic E-state index is 0.0633. The second-order valence-electron chi connectivity index (χ2n) is 7.20. The van der Waals surface area contributed by atoms with Crippen LogP contribution >= 0.6 is 11.6 Å².